The van der Waals surface area contributed by atoms with Crippen LogP contribution in [0, 0.1) is 0 Å². The molecule has 40 heavy (non-hydrogen) atoms. The van der Waals surface area contributed by atoms with Crippen molar-refractivity contribution in [3.05, 3.63) is 24.3 Å². The van der Waals surface area contributed by atoms with Crippen LogP contribution in [0.4, 0.5) is 0 Å². The monoisotopic (exact) mass is 588 g/mol. The number of hydrogen-bond acceptors (Lipinski definition) is 6. The van der Waals surface area contributed by atoms with Crippen LogP contribution in [0.2, 0.25) is 0 Å². The summed E-state index contributed by atoms with van der Waals surface area (Å²) in [6, 6.07) is -0.799. The van der Waals surface area contributed by atoms with E-state index in [4.69, 9.17) is 9.05 Å². The summed E-state index contributed by atoms with van der Waals surface area (Å²) < 4.78 is 22.9. The first-order chi connectivity index (χ1) is 19.0. The molecule has 0 heterocycles. The van der Waals surface area contributed by atoms with Crippen molar-refractivity contribution in [1.82, 2.24) is 5.32 Å². The highest BCUT2D eigenvalue weighted by Crippen LogP contribution is 2.38. The van der Waals surface area contributed by atoms with Crippen molar-refractivity contribution in [3.8, 4) is 0 Å². The van der Waals surface area contributed by atoms with Crippen LogP contribution in [0.25, 0.3) is 0 Å². The second-order valence-corrected chi connectivity index (χ2v) is 13.2. The van der Waals surface area contributed by atoms with Crippen molar-refractivity contribution in [2.24, 2.45) is 0 Å². The number of carbonyl (C=O) groups excluding carboxylic acids is 1. The van der Waals surface area contributed by atoms with Gasteiger partial charge in [-0.25, -0.2) is 0 Å². The fourth-order valence-corrected chi connectivity index (χ4v) is 4.80. The Morgan fingerprint density at radius 3 is 2.17 bits per heavy atom. The van der Waals surface area contributed by atoms with E-state index < -0.39 is 20.0 Å². The topological polar surface area (TPSA) is 108 Å². The SMILES string of the molecule is CCC/C=C\C/C=C\CCCCCCCC(=O)NC(COP(=O)([O-])OCC[N+](C)(C)C)C(O)CCCCCCC. The van der Waals surface area contributed by atoms with Gasteiger partial charge in [0.15, 0.2) is 0 Å². The predicted octanol–water partition coefficient (Wildman–Crippen LogP) is 6.43. The predicted molar refractivity (Wildman–Crippen MR) is 164 cm³/mol. The Bertz CT molecular complexity index is 723. The van der Waals surface area contributed by atoms with Gasteiger partial charge in [-0.05, 0) is 38.5 Å². The molecule has 0 aromatic carbocycles. The van der Waals surface area contributed by atoms with Crippen LogP contribution < -0.4 is 10.2 Å². The molecule has 3 atom stereocenters. The molecule has 0 aromatic rings. The summed E-state index contributed by atoms with van der Waals surface area (Å²) in [7, 11) is 1.28. The Labute approximate surface area is 245 Å². The lowest BCUT2D eigenvalue weighted by Gasteiger charge is -2.30. The summed E-state index contributed by atoms with van der Waals surface area (Å²) in [4.78, 5) is 24.9. The number of phosphoric acid groups is 1. The second-order valence-electron chi connectivity index (χ2n) is 11.8. The molecule has 0 radical (unpaired) electrons. The number of likely N-dealkylation sites (N-methyl/N-ethyl adjacent to an activating group) is 1. The highest BCUT2D eigenvalue weighted by molar-refractivity contribution is 7.45. The van der Waals surface area contributed by atoms with E-state index in [2.05, 4.69) is 43.5 Å². The third kappa shape index (κ3) is 25.9. The van der Waals surface area contributed by atoms with Gasteiger partial charge < -0.3 is 28.8 Å². The Morgan fingerprint density at radius 1 is 0.875 bits per heavy atom. The molecule has 0 spiro atoms. The number of phosphoric ester groups is 1. The molecule has 2 N–H and O–H groups in total. The number of quaternary nitrogens is 1. The van der Waals surface area contributed by atoms with Crippen LogP contribution in [0.5, 0.6) is 0 Å². The van der Waals surface area contributed by atoms with Gasteiger partial charge in [-0.3, -0.25) is 9.36 Å². The van der Waals surface area contributed by atoms with Gasteiger partial charge in [-0.2, -0.15) is 0 Å². The molecule has 0 aliphatic rings. The maximum atomic E-state index is 12.6. The summed E-state index contributed by atoms with van der Waals surface area (Å²) in [5.74, 6) is -0.190. The van der Waals surface area contributed by atoms with Gasteiger partial charge in [0.2, 0.25) is 5.91 Å². The molecule has 0 aliphatic heterocycles. The number of amides is 1. The van der Waals surface area contributed by atoms with Crippen molar-refractivity contribution in [1.29, 1.82) is 0 Å². The molecule has 236 valence electrons. The van der Waals surface area contributed by atoms with Crippen molar-refractivity contribution in [3.63, 3.8) is 0 Å². The summed E-state index contributed by atoms with van der Waals surface area (Å²) in [5.41, 5.74) is 0. The normalized spacial score (nSPS) is 15.5. The van der Waals surface area contributed by atoms with E-state index in [9.17, 15) is 19.4 Å². The van der Waals surface area contributed by atoms with E-state index in [0.717, 1.165) is 83.5 Å². The maximum Gasteiger partial charge on any atom is 0.268 e. The number of nitrogens with one attached hydrogen (secondary N) is 1. The number of allylic oxidation sites excluding steroid dienone is 4. The highest BCUT2D eigenvalue weighted by Gasteiger charge is 2.24. The van der Waals surface area contributed by atoms with Gasteiger partial charge in [0, 0.05) is 6.42 Å². The lowest BCUT2D eigenvalue weighted by molar-refractivity contribution is -0.870. The minimum atomic E-state index is -4.54. The Balaban J connectivity index is 4.47. The zero-order valence-corrected chi connectivity index (χ0v) is 27.2. The number of nitrogens with zero attached hydrogens (tertiary/aromatic N) is 1. The van der Waals surface area contributed by atoms with Gasteiger partial charge in [0.05, 0.1) is 39.9 Å². The van der Waals surface area contributed by atoms with Gasteiger partial charge >= 0.3 is 0 Å². The van der Waals surface area contributed by atoms with Crippen molar-refractivity contribution >= 4 is 13.7 Å². The third-order valence-corrected chi connectivity index (χ3v) is 7.64. The first-order valence-corrected chi connectivity index (χ1v) is 17.1. The van der Waals surface area contributed by atoms with E-state index in [-0.39, 0.29) is 19.1 Å². The van der Waals surface area contributed by atoms with E-state index in [1.807, 2.05) is 21.1 Å². The quantitative estimate of drug-likeness (QED) is 0.0495. The molecule has 0 aromatic heterocycles. The van der Waals surface area contributed by atoms with Gasteiger partial charge in [-0.1, -0.05) is 95.9 Å². The lowest BCUT2D eigenvalue weighted by Crippen LogP contribution is -2.46. The van der Waals surface area contributed by atoms with E-state index in [1.165, 1.54) is 6.42 Å². The Hall–Kier alpha value is -1.02. The molecule has 8 nitrogen and oxygen atoms in total. The molecule has 0 saturated heterocycles. The fraction of sp³-hybridized carbons (Fsp3) is 0.839. The molecule has 9 heteroatoms. The van der Waals surface area contributed by atoms with Crippen molar-refractivity contribution < 1.29 is 32.9 Å². The number of unbranched alkanes of at least 4 members (excludes halogenated alkanes) is 10. The van der Waals surface area contributed by atoms with Crippen LogP contribution in [0.3, 0.4) is 0 Å². The number of aliphatic hydroxyl groups excluding tert-OH is 1. The van der Waals surface area contributed by atoms with Crippen LogP contribution >= 0.6 is 7.82 Å². The third-order valence-electron chi connectivity index (χ3n) is 6.67. The summed E-state index contributed by atoms with van der Waals surface area (Å²) in [5, 5.41) is 13.6. The van der Waals surface area contributed by atoms with E-state index in [0.29, 0.717) is 23.9 Å². The molecule has 0 saturated carbocycles. The first kappa shape index (κ1) is 39.0. The zero-order chi connectivity index (χ0) is 30.1. The molecule has 0 bridgehead atoms. The van der Waals surface area contributed by atoms with Crippen LogP contribution in [-0.2, 0) is 18.4 Å². The van der Waals surface area contributed by atoms with E-state index in [1.54, 1.807) is 0 Å². The van der Waals surface area contributed by atoms with Gasteiger partial charge in [0.1, 0.15) is 13.2 Å². The number of carbonyl (C=O) groups is 1. The zero-order valence-electron chi connectivity index (χ0n) is 26.3. The summed E-state index contributed by atoms with van der Waals surface area (Å²) in [6.07, 6.45) is 23.6. The largest absolute Gasteiger partial charge is 0.756 e. The molecule has 1 amide bonds. The van der Waals surface area contributed by atoms with Crippen LogP contribution in [-0.4, -0.2) is 68.5 Å². The van der Waals surface area contributed by atoms with Gasteiger partial charge in [-0.15, -0.1) is 0 Å². The Morgan fingerprint density at radius 2 is 1.50 bits per heavy atom. The fourth-order valence-electron chi connectivity index (χ4n) is 4.07. The van der Waals surface area contributed by atoms with E-state index >= 15 is 0 Å². The molecule has 0 aliphatic carbocycles. The molecule has 0 rings (SSSR count). The molecular formula is C31H61N2O6P. The highest BCUT2D eigenvalue weighted by atomic mass is 31.2. The Kier molecular flexibility index (Phi) is 23.9. The maximum absolute atomic E-state index is 12.6. The smallest absolute Gasteiger partial charge is 0.268 e. The van der Waals surface area contributed by atoms with Crippen LogP contribution in [0.15, 0.2) is 24.3 Å². The molecule has 0 fully saturated rings. The minimum absolute atomic E-state index is 0.00790. The van der Waals surface area contributed by atoms with Crippen LogP contribution in [0.1, 0.15) is 117 Å². The van der Waals surface area contributed by atoms with Crippen molar-refractivity contribution in [2.75, 3.05) is 40.9 Å². The van der Waals surface area contributed by atoms with Crippen molar-refractivity contribution in [2.45, 2.75) is 129 Å². The lowest BCUT2D eigenvalue weighted by atomic mass is 10.0. The molecule has 3 unspecified atom stereocenters. The minimum Gasteiger partial charge on any atom is -0.756 e. The summed E-state index contributed by atoms with van der Waals surface area (Å²) in [6.45, 7) is 4.50. The second kappa shape index (κ2) is 24.6. The average Bonchev–Trinajstić information content (AvgIpc) is 2.88. The van der Waals surface area contributed by atoms with Gasteiger partial charge in [0.25, 0.3) is 7.82 Å². The summed E-state index contributed by atoms with van der Waals surface area (Å²) >= 11 is 0. The number of aliphatic hydroxyl groups is 1. The number of rotatable bonds is 27. The average molecular weight is 589 g/mol. The molecular weight excluding hydrogens is 527 g/mol. The first-order valence-electron chi connectivity index (χ1n) is 15.7. The standard InChI is InChI=1S/C31H61N2O6P/c1-6-8-10-12-13-14-15-16-17-18-19-21-23-25-31(35)32-29(30(34)24-22-20-11-9-7-2)28-39-40(36,37)38-27-26-33(3,4)5/h10,12,14-15,29-30,34H,6-9,11,13,16-28H2,1-5H3,(H-,32,35,36,37)/b12-10-,15-14-. The number of hydrogen-bond donors (Lipinski definition) is 2.